The van der Waals surface area contributed by atoms with E-state index in [4.69, 9.17) is 0 Å². The number of hydrogen-bond acceptors (Lipinski definition) is 0. The van der Waals surface area contributed by atoms with Gasteiger partial charge in [0.1, 0.15) is 17.5 Å². The van der Waals surface area contributed by atoms with Crippen molar-refractivity contribution in [1.82, 2.24) is 0 Å². The normalized spacial score (nSPS) is 12.2. The zero-order chi connectivity index (χ0) is 27.6. The van der Waals surface area contributed by atoms with Crippen LogP contribution in [0.1, 0.15) is 18.9 Å². The van der Waals surface area contributed by atoms with Crippen molar-refractivity contribution in [2.24, 2.45) is 0 Å². The van der Waals surface area contributed by atoms with Crippen LogP contribution >= 0.6 is 0 Å². The summed E-state index contributed by atoms with van der Waals surface area (Å²) in [6, 6.07) is 12.1. The lowest BCUT2D eigenvalue weighted by Gasteiger charge is -2.11. The van der Waals surface area contributed by atoms with E-state index >= 15 is 0 Å². The molecule has 0 aliphatic carbocycles. The Balaban J connectivity index is 1.65. The second kappa shape index (κ2) is 11.0. The van der Waals surface area contributed by atoms with E-state index < -0.39 is 57.7 Å². The second-order valence-electron chi connectivity index (χ2n) is 8.31. The molecular formula is C30H18F8. The Morgan fingerprint density at radius 1 is 0.605 bits per heavy atom. The molecule has 0 bridgehead atoms. The molecule has 4 aromatic carbocycles. The molecule has 0 fully saturated rings. The van der Waals surface area contributed by atoms with Gasteiger partial charge in [-0.1, -0.05) is 49.4 Å². The summed E-state index contributed by atoms with van der Waals surface area (Å²) in [5.41, 5.74) is -0.598. The fraction of sp³-hybridized carbons (Fsp3) is 0.0667. The molecule has 0 saturated heterocycles. The molecule has 194 valence electrons. The number of rotatable bonds is 6. The molecule has 0 saturated carbocycles. The molecule has 0 atom stereocenters. The maximum atomic E-state index is 15.0. The van der Waals surface area contributed by atoms with Gasteiger partial charge in [-0.2, -0.15) is 0 Å². The SMILES string of the molecule is CC/C=C/C(F)=C(\F)c1cc(F)c(-c2ccc(-c3ccc(-c4cc(F)c(F)c(F)c4)cc3)c(F)c2)c(F)c1. The molecule has 8 heteroatoms. The zero-order valence-corrected chi connectivity index (χ0v) is 19.7. The minimum absolute atomic E-state index is 0.0629. The second-order valence-corrected chi connectivity index (χ2v) is 8.31. The molecule has 4 rings (SSSR count). The van der Waals surface area contributed by atoms with Crippen LogP contribution in [-0.2, 0) is 0 Å². The van der Waals surface area contributed by atoms with E-state index in [0.717, 1.165) is 24.3 Å². The van der Waals surface area contributed by atoms with Gasteiger partial charge in [-0.05, 0) is 65.1 Å². The molecule has 0 heterocycles. The van der Waals surface area contributed by atoms with Gasteiger partial charge in [0.2, 0.25) is 0 Å². The van der Waals surface area contributed by atoms with Crippen LogP contribution in [0.3, 0.4) is 0 Å². The molecule has 0 amide bonds. The van der Waals surface area contributed by atoms with E-state index in [-0.39, 0.29) is 16.7 Å². The third-order valence-corrected chi connectivity index (χ3v) is 5.78. The average Bonchev–Trinajstić information content (AvgIpc) is 2.89. The Morgan fingerprint density at radius 2 is 1.13 bits per heavy atom. The van der Waals surface area contributed by atoms with Gasteiger partial charge in [-0.15, -0.1) is 0 Å². The Kier molecular flexibility index (Phi) is 7.80. The van der Waals surface area contributed by atoms with Crippen molar-refractivity contribution < 1.29 is 35.1 Å². The summed E-state index contributed by atoms with van der Waals surface area (Å²) >= 11 is 0. The van der Waals surface area contributed by atoms with Crippen LogP contribution in [0.15, 0.2) is 84.7 Å². The first-order chi connectivity index (χ1) is 18.1. The summed E-state index contributed by atoms with van der Waals surface area (Å²) in [6.45, 7) is 1.70. The molecule has 0 aromatic heterocycles. The first-order valence-electron chi connectivity index (χ1n) is 11.4. The van der Waals surface area contributed by atoms with E-state index in [1.165, 1.54) is 42.5 Å². The van der Waals surface area contributed by atoms with Crippen LogP contribution in [0.25, 0.3) is 39.2 Å². The van der Waals surface area contributed by atoms with Gasteiger partial charge in [0.05, 0.1) is 5.56 Å². The summed E-state index contributed by atoms with van der Waals surface area (Å²) < 4.78 is 113. The first kappa shape index (κ1) is 26.9. The van der Waals surface area contributed by atoms with Crippen LogP contribution in [0.5, 0.6) is 0 Å². The minimum Gasteiger partial charge on any atom is -0.206 e. The standard InChI is InChI=1S/C30H18F8/c1-2-3-4-22(31)29(37)20-14-24(33)28(25(34)15-20)18-9-10-21(23(32)11-18)17-7-5-16(6-8-17)19-12-26(35)30(38)27(36)13-19/h3-15H,2H2,1H3/b4-3+,29-22+. The van der Waals surface area contributed by atoms with Crippen molar-refractivity contribution in [2.45, 2.75) is 13.3 Å². The summed E-state index contributed by atoms with van der Waals surface area (Å²) in [5, 5.41) is 0. The van der Waals surface area contributed by atoms with Gasteiger partial charge in [0.15, 0.2) is 29.1 Å². The lowest BCUT2D eigenvalue weighted by Crippen LogP contribution is -1.95. The molecule has 0 aliphatic rings. The zero-order valence-electron chi connectivity index (χ0n) is 19.7. The molecule has 38 heavy (non-hydrogen) atoms. The van der Waals surface area contributed by atoms with E-state index in [1.54, 1.807) is 6.92 Å². The third-order valence-electron chi connectivity index (χ3n) is 5.78. The largest absolute Gasteiger partial charge is 0.206 e. The fourth-order valence-corrected chi connectivity index (χ4v) is 3.88. The predicted molar refractivity (Wildman–Crippen MR) is 131 cm³/mol. The molecule has 4 aromatic rings. The Bertz CT molecular complexity index is 1520. The quantitative estimate of drug-likeness (QED) is 0.132. The summed E-state index contributed by atoms with van der Waals surface area (Å²) in [5.74, 6) is -10.3. The van der Waals surface area contributed by atoms with Crippen molar-refractivity contribution >= 4 is 5.83 Å². The highest BCUT2D eigenvalue weighted by atomic mass is 19.2. The highest BCUT2D eigenvalue weighted by Gasteiger charge is 2.19. The summed E-state index contributed by atoms with van der Waals surface area (Å²) in [4.78, 5) is 0. The summed E-state index contributed by atoms with van der Waals surface area (Å²) in [7, 11) is 0. The Hall–Kier alpha value is -4.20. The van der Waals surface area contributed by atoms with E-state index in [2.05, 4.69) is 0 Å². The van der Waals surface area contributed by atoms with Crippen LogP contribution in [-0.4, -0.2) is 0 Å². The van der Waals surface area contributed by atoms with Crippen molar-refractivity contribution in [3.05, 3.63) is 125 Å². The lowest BCUT2D eigenvalue weighted by molar-refractivity contribution is 0.448. The molecule has 0 nitrogen and oxygen atoms in total. The lowest BCUT2D eigenvalue weighted by atomic mass is 9.96. The van der Waals surface area contributed by atoms with Crippen LogP contribution in [0.2, 0.25) is 0 Å². The van der Waals surface area contributed by atoms with Gasteiger partial charge in [0.25, 0.3) is 0 Å². The highest BCUT2D eigenvalue weighted by molar-refractivity contribution is 5.75. The average molecular weight is 530 g/mol. The number of halogens is 8. The molecular weight excluding hydrogens is 512 g/mol. The van der Waals surface area contributed by atoms with E-state index in [1.807, 2.05) is 0 Å². The smallest absolute Gasteiger partial charge is 0.194 e. The van der Waals surface area contributed by atoms with Gasteiger partial charge < -0.3 is 0 Å². The third kappa shape index (κ3) is 5.39. The maximum absolute atomic E-state index is 15.0. The Labute approximate surface area is 213 Å². The minimum atomic E-state index is -1.59. The highest BCUT2D eigenvalue weighted by Crippen LogP contribution is 2.34. The molecule has 0 aliphatic heterocycles. The molecule has 0 unspecified atom stereocenters. The summed E-state index contributed by atoms with van der Waals surface area (Å²) in [6.07, 6.45) is 2.63. The predicted octanol–water partition coefficient (Wildman–Crippen LogP) is 10.1. The molecule has 0 spiro atoms. The first-order valence-corrected chi connectivity index (χ1v) is 11.4. The number of allylic oxidation sites excluding steroid dienone is 3. The van der Waals surface area contributed by atoms with Gasteiger partial charge in [0, 0.05) is 11.1 Å². The van der Waals surface area contributed by atoms with Gasteiger partial charge in [-0.3, -0.25) is 0 Å². The van der Waals surface area contributed by atoms with Crippen molar-refractivity contribution in [3.63, 3.8) is 0 Å². The monoisotopic (exact) mass is 530 g/mol. The molecule has 0 radical (unpaired) electrons. The Morgan fingerprint density at radius 3 is 1.68 bits per heavy atom. The number of hydrogen-bond donors (Lipinski definition) is 0. The van der Waals surface area contributed by atoms with E-state index in [0.29, 0.717) is 29.7 Å². The van der Waals surface area contributed by atoms with Crippen LogP contribution < -0.4 is 0 Å². The number of benzene rings is 4. The topological polar surface area (TPSA) is 0 Å². The van der Waals surface area contributed by atoms with Gasteiger partial charge >= 0.3 is 0 Å². The maximum Gasteiger partial charge on any atom is 0.194 e. The molecule has 0 N–H and O–H groups in total. The van der Waals surface area contributed by atoms with Crippen molar-refractivity contribution in [2.75, 3.05) is 0 Å². The van der Waals surface area contributed by atoms with E-state index in [9.17, 15) is 35.1 Å². The van der Waals surface area contributed by atoms with Crippen LogP contribution in [0.4, 0.5) is 35.1 Å². The van der Waals surface area contributed by atoms with Gasteiger partial charge in [-0.25, -0.2) is 35.1 Å². The fourth-order valence-electron chi connectivity index (χ4n) is 3.88. The van der Waals surface area contributed by atoms with Crippen molar-refractivity contribution in [1.29, 1.82) is 0 Å². The van der Waals surface area contributed by atoms with Crippen molar-refractivity contribution in [3.8, 4) is 33.4 Å². The van der Waals surface area contributed by atoms with Crippen LogP contribution in [0, 0.1) is 34.9 Å².